The Morgan fingerprint density at radius 2 is 1.12 bits per heavy atom. The zero-order valence-corrected chi connectivity index (χ0v) is 30.6. The van der Waals surface area contributed by atoms with Crippen molar-refractivity contribution in [1.82, 2.24) is 14.5 Å². The Bertz CT molecular complexity index is 2920. The molecule has 2 aromatic heterocycles. The summed E-state index contributed by atoms with van der Waals surface area (Å²) in [6, 6.07) is 67.0. The third kappa shape index (κ3) is 5.22. The van der Waals surface area contributed by atoms with Crippen LogP contribution >= 0.6 is 0 Å². The smallest absolute Gasteiger partial charge is 0.160 e. The predicted molar refractivity (Wildman–Crippen MR) is 230 cm³/mol. The van der Waals surface area contributed by atoms with E-state index < -0.39 is 0 Å². The van der Waals surface area contributed by atoms with E-state index in [1.807, 2.05) is 24.3 Å². The van der Waals surface area contributed by atoms with Crippen molar-refractivity contribution in [2.75, 3.05) is 4.90 Å². The van der Waals surface area contributed by atoms with E-state index in [4.69, 9.17) is 9.97 Å². The van der Waals surface area contributed by atoms with E-state index in [1.165, 1.54) is 39.0 Å². The van der Waals surface area contributed by atoms with Crippen molar-refractivity contribution in [2.45, 2.75) is 11.8 Å². The van der Waals surface area contributed by atoms with E-state index in [0.717, 1.165) is 44.8 Å². The Hall–Kier alpha value is -7.30. The lowest BCUT2D eigenvalue weighted by Gasteiger charge is -2.29. The number of para-hydroxylation sites is 4. The molecule has 0 N–H and O–H groups in total. The molecule has 0 saturated heterocycles. The summed E-state index contributed by atoms with van der Waals surface area (Å²) < 4.78 is 2.42. The third-order valence-corrected chi connectivity index (χ3v) is 11.4. The van der Waals surface area contributed by atoms with Crippen molar-refractivity contribution in [1.29, 1.82) is 0 Å². The van der Waals surface area contributed by atoms with Crippen molar-refractivity contribution in [3.05, 3.63) is 223 Å². The second kappa shape index (κ2) is 13.2. The van der Waals surface area contributed by atoms with Crippen LogP contribution in [0, 0.1) is 0 Å². The molecule has 11 rings (SSSR count). The summed E-state index contributed by atoms with van der Waals surface area (Å²) in [5.41, 5.74) is 14.7. The number of rotatable bonds is 6. The molecule has 56 heavy (non-hydrogen) atoms. The molecule has 0 spiro atoms. The van der Waals surface area contributed by atoms with Gasteiger partial charge in [0.05, 0.1) is 28.1 Å². The van der Waals surface area contributed by atoms with Crippen LogP contribution in [0.15, 0.2) is 212 Å². The van der Waals surface area contributed by atoms with Gasteiger partial charge in [-0.1, -0.05) is 152 Å². The SMILES string of the molecule is C1=CC(c2ccc3c(c2)c2ccccc2n3-c2ccccc2-c2cc(-c3ccccc3)nc(-c3ccccc3)n2)C2C(=C1)N(c1ccccc1)c1ccccc12. The number of hydrogen-bond acceptors (Lipinski definition) is 3. The zero-order chi connectivity index (χ0) is 37.0. The van der Waals surface area contributed by atoms with Crippen LogP contribution in [0.5, 0.6) is 0 Å². The summed E-state index contributed by atoms with van der Waals surface area (Å²) in [5.74, 6) is 1.09. The van der Waals surface area contributed by atoms with Gasteiger partial charge in [-0.25, -0.2) is 9.97 Å². The van der Waals surface area contributed by atoms with Crippen LogP contribution in [0.3, 0.4) is 0 Å². The number of nitrogens with zero attached hydrogens (tertiary/aromatic N) is 4. The number of allylic oxidation sites excluding steroid dienone is 4. The number of fused-ring (bicyclic) bond motifs is 6. The summed E-state index contributed by atoms with van der Waals surface area (Å²) in [6.07, 6.45) is 6.94. The van der Waals surface area contributed by atoms with E-state index >= 15 is 0 Å². The molecule has 7 aromatic carbocycles. The average Bonchev–Trinajstić information content (AvgIpc) is 3.80. The van der Waals surface area contributed by atoms with Gasteiger partial charge < -0.3 is 9.47 Å². The first-order valence-corrected chi connectivity index (χ1v) is 19.3. The van der Waals surface area contributed by atoms with Crippen molar-refractivity contribution < 1.29 is 0 Å². The fourth-order valence-corrected chi connectivity index (χ4v) is 8.90. The molecular weight excluding hydrogens is 681 g/mol. The molecule has 0 bridgehead atoms. The molecule has 264 valence electrons. The highest BCUT2D eigenvalue weighted by atomic mass is 15.2. The Kier molecular flexibility index (Phi) is 7.59. The highest BCUT2D eigenvalue weighted by Gasteiger charge is 2.40. The molecule has 0 amide bonds. The van der Waals surface area contributed by atoms with Crippen molar-refractivity contribution >= 4 is 33.2 Å². The van der Waals surface area contributed by atoms with Crippen molar-refractivity contribution in [3.8, 4) is 39.6 Å². The molecule has 9 aromatic rings. The van der Waals surface area contributed by atoms with E-state index in [-0.39, 0.29) is 11.8 Å². The summed E-state index contributed by atoms with van der Waals surface area (Å²) in [6.45, 7) is 0. The molecule has 1 aliphatic heterocycles. The van der Waals surface area contributed by atoms with Gasteiger partial charge in [0, 0.05) is 56.4 Å². The average molecular weight is 717 g/mol. The van der Waals surface area contributed by atoms with Crippen LogP contribution in [-0.4, -0.2) is 14.5 Å². The van der Waals surface area contributed by atoms with Gasteiger partial charge in [0.2, 0.25) is 0 Å². The molecule has 2 aliphatic rings. The number of anilines is 2. The monoisotopic (exact) mass is 716 g/mol. The number of aromatic nitrogens is 3. The van der Waals surface area contributed by atoms with Crippen LogP contribution in [0.4, 0.5) is 11.4 Å². The molecule has 0 saturated carbocycles. The summed E-state index contributed by atoms with van der Waals surface area (Å²) >= 11 is 0. The van der Waals surface area contributed by atoms with E-state index in [9.17, 15) is 0 Å². The molecule has 4 heteroatoms. The summed E-state index contributed by atoms with van der Waals surface area (Å²) in [5, 5.41) is 2.46. The van der Waals surface area contributed by atoms with Crippen molar-refractivity contribution in [2.24, 2.45) is 0 Å². The van der Waals surface area contributed by atoms with Crippen LogP contribution < -0.4 is 4.90 Å². The maximum absolute atomic E-state index is 5.24. The van der Waals surface area contributed by atoms with Gasteiger partial charge in [-0.15, -0.1) is 0 Å². The maximum Gasteiger partial charge on any atom is 0.160 e. The minimum absolute atomic E-state index is 0.178. The van der Waals surface area contributed by atoms with Crippen molar-refractivity contribution in [3.63, 3.8) is 0 Å². The first kappa shape index (κ1) is 32.2. The lowest BCUT2D eigenvalue weighted by Crippen LogP contribution is -2.18. The lowest BCUT2D eigenvalue weighted by atomic mass is 9.78. The second-order valence-electron chi connectivity index (χ2n) is 14.6. The zero-order valence-electron chi connectivity index (χ0n) is 30.6. The Morgan fingerprint density at radius 3 is 1.95 bits per heavy atom. The Balaban J connectivity index is 1.07. The molecule has 3 heterocycles. The highest BCUT2D eigenvalue weighted by Crippen LogP contribution is 2.55. The molecular formula is C52H36N4. The minimum atomic E-state index is 0.178. The van der Waals surface area contributed by atoms with Gasteiger partial charge in [0.25, 0.3) is 0 Å². The fourth-order valence-electron chi connectivity index (χ4n) is 8.90. The fraction of sp³-hybridized carbons (Fsp3) is 0.0385. The first-order chi connectivity index (χ1) is 27.8. The van der Waals surface area contributed by atoms with Gasteiger partial charge in [0.1, 0.15) is 0 Å². The van der Waals surface area contributed by atoms with Gasteiger partial charge in [-0.3, -0.25) is 0 Å². The van der Waals surface area contributed by atoms with Crippen LogP contribution in [0.1, 0.15) is 23.0 Å². The standard InChI is InChI=1S/C52H36N4/c1-4-17-35(18-5-1)44-34-45(54-52(53-44)36-19-6-2-7-20-36)41-24-11-14-28-47(41)56-46-27-13-10-23-40(46)43-33-37(31-32-49(43)56)39-26-16-30-50-51(39)42-25-12-15-29-48(42)55(50)38-21-8-3-9-22-38/h1-34,39,51H. The maximum atomic E-state index is 5.24. The molecule has 2 atom stereocenters. The topological polar surface area (TPSA) is 34.0 Å². The third-order valence-electron chi connectivity index (χ3n) is 11.4. The molecule has 1 aliphatic carbocycles. The van der Waals surface area contributed by atoms with Gasteiger partial charge in [-0.2, -0.15) is 0 Å². The Morgan fingerprint density at radius 1 is 0.482 bits per heavy atom. The molecule has 0 radical (unpaired) electrons. The predicted octanol–water partition coefficient (Wildman–Crippen LogP) is 13.0. The molecule has 0 fully saturated rings. The molecule has 2 unspecified atom stereocenters. The van der Waals surface area contributed by atoms with Crippen LogP contribution in [0.2, 0.25) is 0 Å². The highest BCUT2D eigenvalue weighted by molar-refractivity contribution is 6.10. The second-order valence-corrected chi connectivity index (χ2v) is 14.6. The largest absolute Gasteiger partial charge is 0.313 e. The summed E-state index contributed by atoms with van der Waals surface area (Å²) in [4.78, 5) is 12.8. The normalized spacial score (nSPS) is 15.9. The van der Waals surface area contributed by atoms with E-state index in [1.54, 1.807) is 0 Å². The lowest BCUT2D eigenvalue weighted by molar-refractivity contribution is 0.708. The Labute approximate surface area is 326 Å². The first-order valence-electron chi connectivity index (χ1n) is 19.3. The number of hydrogen-bond donors (Lipinski definition) is 0. The van der Waals surface area contributed by atoms with Gasteiger partial charge >= 0.3 is 0 Å². The quantitative estimate of drug-likeness (QED) is 0.172. The number of benzene rings is 7. The van der Waals surface area contributed by atoms with E-state index in [2.05, 4.69) is 191 Å². The molecule has 4 nitrogen and oxygen atoms in total. The van der Waals surface area contributed by atoms with E-state index in [0.29, 0.717) is 5.82 Å². The van der Waals surface area contributed by atoms with Crippen LogP contribution in [0.25, 0.3) is 61.4 Å². The summed E-state index contributed by atoms with van der Waals surface area (Å²) in [7, 11) is 0. The van der Waals surface area contributed by atoms with Gasteiger partial charge in [0.15, 0.2) is 5.82 Å². The van der Waals surface area contributed by atoms with Crippen LogP contribution in [-0.2, 0) is 0 Å². The minimum Gasteiger partial charge on any atom is -0.313 e. The van der Waals surface area contributed by atoms with Gasteiger partial charge in [-0.05, 0) is 65.7 Å².